The van der Waals surface area contributed by atoms with Gasteiger partial charge in [-0.3, -0.25) is 9.67 Å². The van der Waals surface area contributed by atoms with Crippen LogP contribution in [0, 0.1) is 0 Å². The summed E-state index contributed by atoms with van der Waals surface area (Å²) in [7, 11) is 0. The number of aromatic nitrogens is 4. The van der Waals surface area contributed by atoms with Crippen molar-refractivity contribution in [3.8, 4) is 11.5 Å². The summed E-state index contributed by atoms with van der Waals surface area (Å²) in [6.07, 6.45) is 8.61. The van der Waals surface area contributed by atoms with Gasteiger partial charge in [-0.15, -0.1) is 0 Å². The maximum Gasteiger partial charge on any atom is 0.248 e. The maximum atomic E-state index is 13.6. The first-order valence-electron chi connectivity index (χ1n) is 13.0. The van der Waals surface area contributed by atoms with E-state index in [4.69, 9.17) is 14.6 Å². The van der Waals surface area contributed by atoms with E-state index in [1.54, 1.807) is 36.7 Å². The van der Waals surface area contributed by atoms with Gasteiger partial charge >= 0.3 is 0 Å². The van der Waals surface area contributed by atoms with Gasteiger partial charge in [0.2, 0.25) is 5.92 Å². The molecule has 0 unspecified atom stereocenters. The molecule has 196 valence electrons. The lowest BCUT2D eigenvalue weighted by atomic mass is 9.80. The summed E-state index contributed by atoms with van der Waals surface area (Å²) in [5.41, 5.74) is 0.658. The van der Waals surface area contributed by atoms with Crippen LogP contribution >= 0.6 is 0 Å². The molecule has 2 saturated carbocycles. The minimum Gasteiger partial charge on any atom is -0.454 e. The van der Waals surface area contributed by atoms with Crippen LogP contribution in [-0.4, -0.2) is 44.0 Å². The summed E-state index contributed by atoms with van der Waals surface area (Å²) in [4.78, 5) is 8.68. The first-order chi connectivity index (χ1) is 17.9. The SMILES string of the molecule is OC1(c2cc(Nc3cc(Oc4cn(C5CC5)nc4C4CCOCC4)ccn3)ccn2)CCC(F)(F)CC1. The lowest BCUT2D eigenvalue weighted by Crippen LogP contribution is -2.37. The van der Waals surface area contributed by atoms with Gasteiger partial charge < -0.3 is 19.9 Å². The number of ether oxygens (including phenoxy) is 2. The Hall–Kier alpha value is -3.11. The van der Waals surface area contributed by atoms with Crippen molar-refractivity contribution in [1.29, 1.82) is 0 Å². The van der Waals surface area contributed by atoms with E-state index >= 15 is 0 Å². The van der Waals surface area contributed by atoms with Gasteiger partial charge in [0.05, 0.1) is 17.9 Å². The first-order valence-corrected chi connectivity index (χ1v) is 13.0. The van der Waals surface area contributed by atoms with Crippen LogP contribution in [0.2, 0.25) is 0 Å². The Morgan fingerprint density at radius 1 is 1.00 bits per heavy atom. The monoisotopic (exact) mass is 511 g/mol. The van der Waals surface area contributed by atoms with Gasteiger partial charge in [0, 0.05) is 56.1 Å². The zero-order valence-electron chi connectivity index (χ0n) is 20.6. The van der Waals surface area contributed by atoms with Crippen LogP contribution in [0.4, 0.5) is 20.3 Å². The summed E-state index contributed by atoms with van der Waals surface area (Å²) >= 11 is 0. The highest BCUT2D eigenvalue weighted by Crippen LogP contribution is 2.44. The Balaban J connectivity index is 1.19. The number of halogens is 2. The van der Waals surface area contributed by atoms with E-state index in [1.165, 1.54) is 0 Å². The van der Waals surface area contributed by atoms with Crippen LogP contribution in [0.5, 0.6) is 11.5 Å². The lowest BCUT2D eigenvalue weighted by molar-refractivity contribution is -0.108. The number of nitrogens with one attached hydrogen (secondary N) is 1. The van der Waals surface area contributed by atoms with Crippen LogP contribution in [0.25, 0.3) is 0 Å². The van der Waals surface area contributed by atoms with Crippen molar-refractivity contribution in [2.45, 2.75) is 74.8 Å². The van der Waals surface area contributed by atoms with E-state index in [0.717, 1.165) is 50.3 Å². The molecule has 3 fully saturated rings. The van der Waals surface area contributed by atoms with Gasteiger partial charge in [0.15, 0.2) is 5.75 Å². The molecular formula is C27H31F2N5O3. The normalized spacial score (nSPS) is 21.5. The quantitative estimate of drug-likeness (QED) is 0.412. The number of hydrogen-bond acceptors (Lipinski definition) is 7. The lowest BCUT2D eigenvalue weighted by Gasteiger charge is -2.35. The van der Waals surface area contributed by atoms with Crippen molar-refractivity contribution >= 4 is 11.5 Å². The molecule has 3 aliphatic rings. The van der Waals surface area contributed by atoms with Gasteiger partial charge in [-0.1, -0.05) is 0 Å². The maximum absolute atomic E-state index is 13.6. The second-order valence-corrected chi connectivity index (χ2v) is 10.4. The second-order valence-electron chi connectivity index (χ2n) is 10.4. The molecule has 3 aromatic rings. The predicted octanol–water partition coefficient (Wildman–Crippen LogP) is 5.83. The van der Waals surface area contributed by atoms with Crippen molar-refractivity contribution in [2.75, 3.05) is 18.5 Å². The number of aliphatic hydroxyl groups is 1. The van der Waals surface area contributed by atoms with E-state index in [1.807, 2.05) is 10.9 Å². The molecule has 2 aliphatic carbocycles. The Morgan fingerprint density at radius 2 is 1.76 bits per heavy atom. The molecule has 0 spiro atoms. The minimum atomic E-state index is -2.73. The molecule has 0 aromatic carbocycles. The Bertz CT molecular complexity index is 1250. The average molecular weight is 512 g/mol. The molecule has 0 bridgehead atoms. The van der Waals surface area contributed by atoms with Crippen LogP contribution in [0.3, 0.4) is 0 Å². The summed E-state index contributed by atoms with van der Waals surface area (Å²) in [6, 6.07) is 7.51. The smallest absolute Gasteiger partial charge is 0.248 e. The van der Waals surface area contributed by atoms with Crippen molar-refractivity contribution in [2.24, 2.45) is 0 Å². The number of rotatable bonds is 7. The van der Waals surface area contributed by atoms with Crippen molar-refractivity contribution in [1.82, 2.24) is 19.7 Å². The van der Waals surface area contributed by atoms with E-state index in [9.17, 15) is 13.9 Å². The summed E-state index contributed by atoms with van der Waals surface area (Å²) in [5.74, 6) is -0.475. The van der Waals surface area contributed by atoms with Gasteiger partial charge in [0.1, 0.15) is 22.9 Å². The molecule has 6 rings (SSSR count). The van der Waals surface area contributed by atoms with Crippen LogP contribution in [0.15, 0.2) is 42.9 Å². The number of hydrogen-bond donors (Lipinski definition) is 2. The minimum absolute atomic E-state index is 0.0258. The van der Waals surface area contributed by atoms with Gasteiger partial charge in [-0.25, -0.2) is 13.8 Å². The number of alkyl halides is 2. The van der Waals surface area contributed by atoms with Crippen molar-refractivity contribution < 1.29 is 23.4 Å². The molecule has 0 amide bonds. The van der Waals surface area contributed by atoms with Crippen LogP contribution in [0.1, 0.15) is 74.7 Å². The standard InChI is InChI=1S/C27H31F2N5O3/c28-27(29)9-7-26(35,8-10-27)23-15-19(3-11-30-23)32-24-16-21(4-12-31-24)37-22-17-34(20-1-2-20)33-25(22)18-5-13-36-14-6-18/h3-4,11-12,15-18,20,35H,1-2,5-10,13-14H2,(H,30,31,32). The fraction of sp³-hybridized carbons (Fsp3) is 0.519. The summed E-state index contributed by atoms with van der Waals surface area (Å²) in [6.45, 7) is 1.46. The van der Waals surface area contributed by atoms with Gasteiger partial charge in [0.25, 0.3) is 0 Å². The molecule has 4 heterocycles. The highest BCUT2D eigenvalue weighted by atomic mass is 19.3. The number of nitrogens with zero attached hydrogens (tertiary/aromatic N) is 4. The molecule has 1 aliphatic heterocycles. The molecular weight excluding hydrogens is 480 g/mol. The van der Waals surface area contributed by atoms with E-state index in [0.29, 0.717) is 34.9 Å². The third-order valence-corrected chi connectivity index (χ3v) is 7.53. The Labute approximate surface area is 214 Å². The predicted molar refractivity (Wildman–Crippen MR) is 132 cm³/mol. The average Bonchev–Trinajstić information content (AvgIpc) is 3.67. The number of pyridine rings is 2. The molecule has 0 atom stereocenters. The van der Waals surface area contributed by atoms with Gasteiger partial charge in [-0.05, 0) is 56.7 Å². The topological polar surface area (TPSA) is 94.3 Å². The molecule has 10 heteroatoms. The van der Waals surface area contributed by atoms with E-state index < -0.39 is 11.5 Å². The molecule has 37 heavy (non-hydrogen) atoms. The fourth-order valence-corrected chi connectivity index (χ4v) is 5.11. The summed E-state index contributed by atoms with van der Waals surface area (Å²) < 4.78 is 41.1. The second kappa shape index (κ2) is 9.64. The third kappa shape index (κ3) is 5.45. The fourth-order valence-electron chi connectivity index (χ4n) is 5.11. The van der Waals surface area contributed by atoms with Gasteiger partial charge in [-0.2, -0.15) is 5.10 Å². The highest BCUT2D eigenvalue weighted by Gasteiger charge is 2.44. The molecule has 3 aromatic heterocycles. The Kier molecular flexibility index (Phi) is 6.32. The molecule has 0 radical (unpaired) electrons. The van der Waals surface area contributed by atoms with Crippen molar-refractivity contribution in [3.05, 3.63) is 54.2 Å². The van der Waals surface area contributed by atoms with Crippen molar-refractivity contribution in [3.63, 3.8) is 0 Å². The number of anilines is 2. The Morgan fingerprint density at radius 3 is 2.51 bits per heavy atom. The van der Waals surface area contributed by atoms with E-state index in [2.05, 4.69) is 15.3 Å². The molecule has 1 saturated heterocycles. The highest BCUT2D eigenvalue weighted by molar-refractivity contribution is 5.58. The zero-order valence-corrected chi connectivity index (χ0v) is 20.6. The zero-order chi connectivity index (χ0) is 25.5. The first kappa shape index (κ1) is 24.2. The molecule has 8 nitrogen and oxygen atoms in total. The van der Waals surface area contributed by atoms with Crippen LogP contribution in [-0.2, 0) is 10.3 Å². The molecule has 2 N–H and O–H groups in total. The summed E-state index contributed by atoms with van der Waals surface area (Å²) in [5, 5.41) is 19.1. The van der Waals surface area contributed by atoms with Crippen LogP contribution < -0.4 is 10.1 Å². The third-order valence-electron chi connectivity index (χ3n) is 7.53. The largest absolute Gasteiger partial charge is 0.454 e. The van der Waals surface area contributed by atoms with E-state index in [-0.39, 0.29) is 25.7 Å².